The molecule has 1 heterocycles. The predicted molar refractivity (Wildman–Crippen MR) is 111 cm³/mol. The molecule has 0 bridgehead atoms. The number of carbonyl (C=O) groups is 2. The molecule has 0 atom stereocenters. The highest BCUT2D eigenvalue weighted by atomic mass is 16.6. The Morgan fingerprint density at radius 3 is 1.93 bits per heavy atom. The Balaban J connectivity index is 1.66. The minimum Gasteiger partial charge on any atom is -0.508 e. The van der Waals surface area contributed by atoms with Crippen molar-refractivity contribution < 1.29 is 19.6 Å². The van der Waals surface area contributed by atoms with Gasteiger partial charge in [-0.15, -0.1) is 0 Å². The van der Waals surface area contributed by atoms with Crippen LogP contribution in [0.25, 0.3) is 0 Å². The third-order valence-electron chi connectivity index (χ3n) is 5.52. The first-order chi connectivity index (χ1) is 14.2. The Kier molecular flexibility index (Phi) is 4.38. The zero-order chi connectivity index (χ0) is 21.6. The van der Waals surface area contributed by atoms with Gasteiger partial charge in [-0.1, -0.05) is 38.1 Å². The number of hydrogen-bond acceptors (Lipinski definition) is 5. The molecule has 3 aromatic carbocycles. The van der Waals surface area contributed by atoms with Crippen LogP contribution in [0.1, 0.15) is 45.7 Å². The van der Waals surface area contributed by atoms with Gasteiger partial charge in [0.05, 0.1) is 21.7 Å². The summed E-state index contributed by atoms with van der Waals surface area (Å²) in [7, 11) is 0. The molecule has 0 unspecified atom stereocenters. The fourth-order valence-electron chi connectivity index (χ4n) is 3.65. The maximum Gasteiger partial charge on any atom is 0.270 e. The number of fused-ring (bicyclic) bond motifs is 1. The molecule has 0 aliphatic carbocycles. The van der Waals surface area contributed by atoms with Gasteiger partial charge in [-0.2, -0.15) is 0 Å². The van der Waals surface area contributed by atoms with Crippen LogP contribution in [0.15, 0.2) is 66.7 Å². The lowest BCUT2D eigenvalue weighted by Gasteiger charge is -2.27. The van der Waals surface area contributed by atoms with Crippen LogP contribution in [-0.2, 0) is 5.41 Å². The first-order valence-corrected chi connectivity index (χ1v) is 9.27. The van der Waals surface area contributed by atoms with Crippen LogP contribution in [0, 0.1) is 10.1 Å². The number of anilines is 1. The third-order valence-corrected chi connectivity index (χ3v) is 5.52. The summed E-state index contributed by atoms with van der Waals surface area (Å²) in [6.07, 6.45) is 0. The fraction of sp³-hybridized carbons (Fsp3) is 0.130. The lowest BCUT2D eigenvalue weighted by atomic mass is 9.78. The topological polar surface area (TPSA) is 101 Å². The van der Waals surface area contributed by atoms with Crippen LogP contribution in [0.4, 0.5) is 11.4 Å². The van der Waals surface area contributed by atoms with E-state index in [1.165, 1.54) is 12.1 Å². The number of amides is 2. The number of rotatable bonds is 4. The first kappa shape index (κ1) is 19.3. The van der Waals surface area contributed by atoms with E-state index in [2.05, 4.69) is 0 Å². The van der Waals surface area contributed by atoms with E-state index in [9.17, 15) is 24.8 Å². The summed E-state index contributed by atoms with van der Waals surface area (Å²) in [5, 5.41) is 20.5. The highest BCUT2D eigenvalue weighted by Gasteiger charge is 2.38. The Labute approximate surface area is 172 Å². The Bertz CT molecular complexity index is 1180. The number of benzene rings is 3. The zero-order valence-corrected chi connectivity index (χ0v) is 16.3. The number of imide groups is 1. The molecule has 0 saturated carbocycles. The van der Waals surface area contributed by atoms with E-state index < -0.39 is 16.7 Å². The number of nitrogens with zero attached hydrogens (tertiary/aromatic N) is 2. The summed E-state index contributed by atoms with van der Waals surface area (Å²) in [4.78, 5) is 36.9. The molecule has 1 N–H and O–H groups in total. The van der Waals surface area contributed by atoms with Gasteiger partial charge in [-0.3, -0.25) is 19.7 Å². The predicted octanol–water partition coefficient (Wildman–Crippen LogP) is 4.43. The van der Waals surface area contributed by atoms with Crippen molar-refractivity contribution >= 4 is 23.2 Å². The summed E-state index contributed by atoms with van der Waals surface area (Å²) in [5.41, 5.74) is 1.94. The van der Waals surface area contributed by atoms with Crippen LogP contribution in [-0.4, -0.2) is 21.8 Å². The molecule has 150 valence electrons. The average molecular weight is 402 g/mol. The Morgan fingerprint density at radius 2 is 1.37 bits per heavy atom. The standard InChI is InChI=1S/C23H18N2O5/c1-23(2,15-5-10-18(26)11-6-15)14-3-7-16(8-4-14)24-21(27)19-12-9-17(25(29)30)13-20(19)22(24)28/h3-13,26H,1-2H3. The van der Waals surface area contributed by atoms with Crippen molar-refractivity contribution in [3.05, 3.63) is 99.1 Å². The van der Waals surface area contributed by atoms with Crippen molar-refractivity contribution in [2.24, 2.45) is 0 Å². The van der Waals surface area contributed by atoms with Gasteiger partial charge in [0.1, 0.15) is 5.75 Å². The third kappa shape index (κ3) is 3.00. The summed E-state index contributed by atoms with van der Waals surface area (Å²) >= 11 is 0. The molecular formula is C23H18N2O5. The maximum atomic E-state index is 12.8. The highest BCUT2D eigenvalue weighted by Crippen LogP contribution is 2.35. The van der Waals surface area contributed by atoms with Crippen molar-refractivity contribution in [2.75, 3.05) is 4.90 Å². The summed E-state index contributed by atoms with van der Waals surface area (Å²) in [6.45, 7) is 4.07. The molecule has 0 spiro atoms. The number of nitro benzene ring substituents is 1. The molecule has 7 nitrogen and oxygen atoms in total. The number of nitro groups is 1. The van der Waals surface area contributed by atoms with E-state index >= 15 is 0 Å². The van der Waals surface area contributed by atoms with Crippen LogP contribution in [0.2, 0.25) is 0 Å². The van der Waals surface area contributed by atoms with Crippen LogP contribution < -0.4 is 4.90 Å². The molecule has 3 aromatic rings. The van der Waals surface area contributed by atoms with E-state index in [1.807, 2.05) is 38.1 Å². The van der Waals surface area contributed by atoms with Crippen molar-refractivity contribution in [3.8, 4) is 5.75 Å². The van der Waals surface area contributed by atoms with E-state index in [0.717, 1.165) is 22.1 Å². The van der Waals surface area contributed by atoms with Crippen molar-refractivity contribution in [2.45, 2.75) is 19.3 Å². The molecule has 0 fully saturated rings. The quantitative estimate of drug-likeness (QED) is 0.395. The molecule has 2 amide bonds. The molecule has 0 radical (unpaired) electrons. The lowest BCUT2D eigenvalue weighted by molar-refractivity contribution is -0.384. The van der Waals surface area contributed by atoms with Crippen LogP contribution in [0.5, 0.6) is 5.75 Å². The Hall–Kier alpha value is -4.00. The van der Waals surface area contributed by atoms with Gasteiger partial charge in [-0.25, -0.2) is 4.90 Å². The molecule has 0 aromatic heterocycles. The molecular weight excluding hydrogens is 384 g/mol. The van der Waals surface area contributed by atoms with Gasteiger partial charge < -0.3 is 5.11 Å². The number of carbonyl (C=O) groups excluding carboxylic acids is 2. The largest absolute Gasteiger partial charge is 0.508 e. The van der Waals surface area contributed by atoms with Gasteiger partial charge in [0.15, 0.2) is 0 Å². The fourth-order valence-corrected chi connectivity index (χ4v) is 3.65. The second-order valence-corrected chi connectivity index (χ2v) is 7.65. The highest BCUT2D eigenvalue weighted by molar-refractivity contribution is 6.34. The number of non-ortho nitro benzene ring substituents is 1. The SMILES string of the molecule is CC(C)(c1ccc(O)cc1)c1ccc(N2C(=O)c3ccc([N+](=O)[O-])cc3C2=O)cc1. The van der Waals surface area contributed by atoms with Crippen molar-refractivity contribution in [1.82, 2.24) is 0 Å². The van der Waals surface area contributed by atoms with Gasteiger partial charge in [0.2, 0.25) is 0 Å². The first-order valence-electron chi connectivity index (χ1n) is 9.27. The van der Waals surface area contributed by atoms with Gasteiger partial charge in [0.25, 0.3) is 17.5 Å². The zero-order valence-electron chi connectivity index (χ0n) is 16.3. The van der Waals surface area contributed by atoms with Crippen molar-refractivity contribution in [3.63, 3.8) is 0 Å². The second kappa shape index (κ2) is 6.81. The van der Waals surface area contributed by atoms with Gasteiger partial charge >= 0.3 is 0 Å². The number of phenols is 1. The summed E-state index contributed by atoms with van der Waals surface area (Å²) in [6, 6.07) is 17.7. The number of aromatic hydroxyl groups is 1. The number of hydrogen-bond donors (Lipinski definition) is 1. The minimum absolute atomic E-state index is 0.0303. The number of phenolic OH excluding ortho intramolecular Hbond substituents is 1. The lowest BCUT2D eigenvalue weighted by Crippen LogP contribution is -2.29. The summed E-state index contributed by atoms with van der Waals surface area (Å²) in [5.74, 6) is -0.893. The summed E-state index contributed by atoms with van der Waals surface area (Å²) < 4.78 is 0. The van der Waals surface area contributed by atoms with Crippen LogP contribution >= 0.6 is 0 Å². The van der Waals surface area contributed by atoms with Gasteiger partial charge in [-0.05, 0) is 41.5 Å². The monoisotopic (exact) mass is 402 g/mol. The van der Waals surface area contributed by atoms with E-state index in [-0.39, 0.29) is 28.0 Å². The smallest absolute Gasteiger partial charge is 0.270 e. The normalized spacial score (nSPS) is 13.5. The van der Waals surface area contributed by atoms with Gasteiger partial charge in [0, 0.05) is 17.5 Å². The molecule has 0 saturated heterocycles. The van der Waals surface area contributed by atoms with E-state index in [1.54, 1.807) is 24.3 Å². The van der Waals surface area contributed by atoms with E-state index in [4.69, 9.17) is 0 Å². The molecule has 4 rings (SSSR count). The second-order valence-electron chi connectivity index (χ2n) is 7.65. The molecule has 1 aliphatic heterocycles. The van der Waals surface area contributed by atoms with E-state index in [0.29, 0.717) is 5.69 Å². The average Bonchev–Trinajstić information content (AvgIpc) is 2.98. The Morgan fingerprint density at radius 1 is 0.833 bits per heavy atom. The molecule has 30 heavy (non-hydrogen) atoms. The molecule has 1 aliphatic rings. The minimum atomic E-state index is -0.596. The van der Waals surface area contributed by atoms with Crippen molar-refractivity contribution in [1.29, 1.82) is 0 Å². The van der Waals surface area contributed by atoms with Crippen LogP contribution in [0.3, 0.4) is 0 Å². The maximum absolute atomic E-state index is 12.8. The molecule has 7 heteroatoms.